The summed E-state index contributed by atoms with van der Waals surface area (Å²) in [6.45, 7) is 6.80. The van der Waals surface area contributed by atoms with E-state index < -0.39 is 0 Å². The van der Waals surface area contributed by atoms with Gasteiger partial charge >= 0.3 is 0 Å². The minimum absolute atomic E-state index is 0.0354. The highest BCUT2D eigenvalue weighted by Gasteiger charge is 2.12. The number of ether oxygens (including phenoxy) is 1. The van der Waals surface area contributed by atoms with E-state index in [4.69, 9.17) is 10.00 Å². The lowest BCUT2D eigenvalue weighted by atomic mass is 9.87. The van der Waals surface area contributed by atoms with Crippen molar-refractivity contribution in [2.24, 2.45) is 0 Å². The summed E-state index contributed by atoms with van der Waals surface area (Å²) >= 11 is 0. The van der Waals surface area contributed by atoms with Crippen LogP contribution in [0.5, 0.6) is 5.75 Å². The fourth-order valence-corrected chi connectivity index (χ4v) is 1.51. The summed E-state index contributed by atoms with van der Waals surface area (Å²) in [5.74, 6) is 0.677. The van der Waals surface area contributed by atoms with E-state index in [0.29, 0.717) is 6.61 Å². The second-order valence-corrected chi connectivity index (χ2v) is 5.25. The van der Waals surface area contributed by atoms with E-state index >= 15 is 0 Å². The summed E-state index contributed by atoms with van der Waals surface area (Å²) in [6, 6.07) is 9.73. The Hall–Kier alpha value is -1.82. The normalized spacial score (nSPS) is 10.8. The molecule has 0 fully saturated rings. The number of nitriles is 1. The van der Waals surface area contributed by atoms with Gasteiger partial charge in [-0.1, -0.05) is 32.9 Å². The van der Waals surface area contributed by atoms with Crippen molar-refractivity contribution in [1.82, 2.24) is 0 Å². The highest BCUT2D eigenvalue weighted by atomic mass is 16.5. The maximum atomic E-state index is 11.1. The SMILES string of the molecule is CC(C)(C)c1ccc(OCCC(=O)CC#N)cc1. The molecule has 0 aliphatic rings. The molecule has 0 aliphatic heterocycles. The summed E-state index contributed by atoms with van der Waals surface area (Å²) < 4.78 is 5.46. The largest absolute Gasteiger partial charge is 0.493 e. The molecule has 18 heavy (non-hydrogen) atoms. The molecule has 1 aromatic rings. The summed E-state index contributed by atoms with van der Waals surface area (Å²) in [6.07, 6.45) is 0.251. The van der Waals surface area contributed by atoms with Crippen LogP contribution in [0.1, 0.15) is 39.2 Å². The van der Waals surface area contributed by atoms with E-state index in [1.807, 2.05) is 30.3 Å². The maximum Gasteiger partial charge on any atom is 0.150 e. The van der Waals surface area contributed by atoms with E-state index in [-0.39, 0.29) is 24.0 Å². The van der Waals surface area contributed by atoms with Crippen molar-refractivity contribution in [2.75, 3.05) is 6.61 Å². The molecule has 0 heterocycles. The van der Waals surface area contributed by atoms with Gasteiger partial charge in [0.25, 0.3) is 0 Å². The van der Waals surface area contributed by atoms with Crippen molar-refractivity contribution < 1.29 is 9.53 Å². The smallest absolute Gasteiger partial charge is 0.150 e. The van der Waals surface area contributed by atoms with Gasteiger partial charge < -0.3 is 4.74 Å². The first-order chi connectivity index (χ1) is 8.43. The molecule has 0 spiro atoms. The number of carbonyl (C=O) groups excluding carboxylic acids is 1. The molecule has 0 N–H and O–H groups in total. The van der Waals surface area contributed by atoms with Crippen LogP contribution in [0.15, 0.2) is 24.3 Å². The van der Waals surface area contributed by atoms with Gasteiger partial charge in [0.2, 0.25) is 0 Å². The number of Topliss-reactive ketones (excluding diaryl/α,β-unsaturated/α-hetero) is 1. The number of benzene rings is 1. The van der Waals surface area contributed by atoms with Gasteiger partial charge in [-0.15, -0.1) is 0 Å². The zero-order chi connectivity index (χ0) is 13.6. The van der Waals surface area contributed by atoms with Crippen molar-refractivity contribution in [2.45, 2.75) is 39.0 Å². The predicted molar refractivity (Wildman–Crippen MR) is 70.5 cm³/mol. The number of nitrogens with zero attached hydrogens (tertiary/aromatic N) is 1. The maximum absolute atomic E-state index is 11.1. The van der Waals surface area contributed by atoms with Crippen molar-refractivity contribution in [3.63, 3.8) is 0 Å². The standard InChI is InChI=1S/C15H19NO2/c1-15(2,3)12-4-6-14(7-5-12)18-11-9-13(17)8-10-16/h4-7H,8-9,11H2,1-3H3. The molecule has 0 radical (unpaired) electrons. The molecule has 0 saturated heterocycles. The van der Waals surface area contributed by atoms with Crippen molar-refractivity contribution in [3.05, 3.63) is 29.8 Å². The van der Waals surface area contributed by atoms with Crippen LogP contribution in [0.4, 0.5) is 0 Å². The number of rotatable bonds is 5. The van der Waals surface area contributed by atoms with Gasteiger partial charge in [0.1, 0.15) is 11.5 Å². The topological polar surface area (TPSA) is 50.1 Å². The van der Waals surface area contributed by atoms with Gasteiger partial charge in [-0.2, -0.15) is 5.26 Å². The number of hydrogen-bond donors (Lipinski definition) is 0. The second-order valence-electron chi connectivity index (χ2n) is 5.25. The van der Waals surface area contributed by atoms with Crippen LogP contribution in [0.3, 0.4) is 0 Å². The third-order valence-corrected chi connectivity index (χ3v) is 2.65. The Kier molecular flexibility index (Phi) is 4.91. The van der Waals surface area contributed by atoms with Crippen LogP contribution >= 0.6 is 0 Å². The van der Waals surface area contributed by atoms with Crippen molar-refractivity contribution in [3.8, 4) is 11.8 Å². The van der Waals surface area contributed by atoms with E-state index in [2.05, 4.69) is 20.8 Å². The van der Waals surface area contributed by atoms with E-state index in [0.717, 1.165) is 5.75 Å². The van der Waals surface area contributed by atoms with Crippen LogP contribution in [0, 0.1) is 11.3 Å². The molecule has 1 rings (SSSR count). The second kappa shape index (κ2) is 6.20. The molecule has 0 unspecified atom stereocenters. The molecule has 0 aliphatic carbocycles. The van der Waals surface area contributed by atoms with Crippen LogP contribution in [-0.2, 0) is 10.2 Å². The van der Waals surface area contributed by atoms with Crippen molar-refractivity contribution >= 4 is 5.78 Å². The van der Waals surface area contributed by atoms with Crippen LogP contribution in [0.2, 0.25) is 0 Å². The van der Waals surface area contributed by atoms with Gasteiger partial charge in [0, 0.05) is 6.42 Å². The molecule has 0 saturated carbocycles. The number of carbonyl (C=O) groups is 1. The molecule has 0 bridgehead atoms. The highest BCUT2D eigenvalue weighted by molar-refractivity contribution is 5.80. The number of ketones is 1. The first-order valence-corrected chi connectivity index (χ1v) is 6.05. The van der Waals surface area contributed by atoms with Crippen LogP contribution < -0.4 is 4.74 Å². The Morgan fingerprint density at radius 2 is 1.89 bits per heavy atom. The molecule has 96 valence electrons. The fourth-order valence-electron chi connectivity index (χ4n) is 1.51. The lowest BCUT2D eigenvalue weighted by molar-refractivity contribution is -0.118. The lowest BCUT2D eigenvalue weighted by Crippen LogP contribution is -2.10. The first kappa shape index (κ1) is 14.2. The Labute approximate surface area is 108 Å². The van der Waals surface area contributed by atoms with E-state index in [1.54, 1.807) is 0 Å². The van der Waals surface area contributed by atoms with Gasteiger partial charge in [-0.05, 0) is 23.1 Å². The Bertz CT molecular complexity index is 435. The zero-order valence-corrected chi connectivity index (χ0v) is 11.2. The predicted octanol–water partition coefficient (Wildman–Crippen LogP) is 3.24. The molecular formula is C15H19NO2. The zero-order valence-electron chi connectivity index (χ0n) is 11.2. The van der Waals surface area contributed by atoms with E-state index in [1.165, 1.54) is 5.56 Å². The summed E-state index contributed by atoms with van der Waals surface area (Å²) in [7, 11) is 0. The Balaban J connectivity index is 2.45. The summed E-state index contributed by atoms with van der Waals surface area (Å²) in [4.78, 5) is 11.1. The van der Waals surface area contributed by atoms with Gasteiger partial charge in [0.15, 0.2) is 0 Å². The summed E-state index contributed by atoms with van der Waals surface area (Å²) in [5.41, 5.74) is 1.37. The highest BCUT2D eigenvalue weighted by Crippen LogP contribution is 2.24. The van der Waals surface area contributed by atoms with Crippen LogP contribution in [0.25, 0.3) is 0 Å². The van der Waals surface area contributed by atoms with Gasteiger partial charge in [0.05, 0.1) is 19.1 Å². The molecule has 1 aromatic carbocycles. The molecule has 0 aromatic heterocycles. The third kappa shape index (κ3) is 4.58. The first-order valence-electron chi connectivity index (χ1n) is 6.05. The molecule has 3 nitrogen and oxygen atoms in total. The monoisotopic (exact) mass is 245 g/mol. The van der Waals surface area contributed by atoms with Crippen LogP contribution in [-0.4, -0.2) is 12.4 Å². The summed E-state index contributed by atoms with van der Waals surface area (Å²) in [5, 5.41) is 8.35. The quantitative estimate of drug-likeness (QED) is 0.800. The lowest BCUT2D eigenvalue weighted by Gasteiger charge is -2.19. The Morgan fingerprint density at radius 1 is 1.28 bits per heavy atom. The molecule has 3 heteroatoms. The average Bonchev–Trinajstić information content (AvgIpc) is 2.29. The fraction of sp³-hybridized carbons (Fsp3) is 0.467. The van der Waals surface area contributed by atoms with Crippen molar-refractivity contribution in [1.29, 1.82) is 5.26 Å². The minimum Gasteiger partial charge on any atom is -0.493 e. The minimum atomic E-state index is -0.0798. The van der Waals surface area contributed by atoms with Gasteiger partial charge in [-0.3, -0.25) is 4.79 Å². The molecule has 0 amide bonds. The Morgan fingerprint density at radius 3 is 2.39 bits per heavy atom. The molecular weight excluding hydrogens is 226 g/mol. The molecule has 0 atom stereocenters. The third-order valence-electron chi connectivity index (χ3n) is 2.65. The average molecular weight is 245 g/mol. The number of hydrogen-bond acceptors (Lipinski definition) is 3. The van der Waals surface area contributed by atoms with Gasteiger partial charge in [-0.25, -0.2) is 0 Å². The van der Waals surface area contributed by atoms with E-state index in [9.17, 15) is 4.79 Å².